The number of ether oxygens (including phenoxy) is 2. The predicted octanol–water partition coefficient (Wildman–Crippen LogP) is 2.24. The van der Waals surface area contributed by atoms with Gasteiger partial charge in [0, 0.05) is 38.3 Å². The van der Waals surface area contributed by atoms with Gasteiger partial charge in [0.05, 0.1) is 13.7 Å². The summed E-state index contributed by atoms with van der Waals surface area (Å²) in [4.78, 5) is 17.3. The second-order valence-electron chi connectivity index (χ2n) is 6.54. The molecule has 6 nitrogen and oxygen atoms in total. The topological polar surface area (TPSA) is 54.0 Å². The molecule has 1 aliphatic rings. The molecule has 26 heavy (non-hydrogen) atoms. The molecule has 0 saturated carbocycles. The van der Waals surface area contributed by atoms with Crippen molar-refractivity contribution in [1.82, 2.24) is 15.1 Å². The van der Waals surface area contributed by atoms with Gasteiger partial charge in [-0.2, -0.15) is 0 Å². The molecule has 1 aromatic rings. The highest BCUT2D eigenvalue weighted by Gasteiger charge is 2.15. The van der Waals surface area contributed by atoms with Crippen molar-refractivity contribution in [2.75, 3.05) is 59.5 Å². The second-order valence-corrected chi connectivity index (χ2v) is 6.54. The van der Waals surface area contributed by atoms with E-state index in [1.807, 2.05) is 6.92 Å². The number of carbonyl (C=O) groups excluding carboxylic acids is 1. The Labute approximate surface area is 157 Å². The predicted molar refractivity (Wildman–Crippen MR) is 104 cm³/mol. The van der Waals surface area contributed by atoms with Crippen molar-refractivity contribution in [3.63, 3.8) is 0 Å². The molecule has 1 saturated heterocycles. The quantitative estimate of drug-likeness (QED) is 0.646. The van der Waals surface area contributed by atoms with Gasteiger partial charge in [-0.25, -0.2) is 0 Å². The zero-order valence-corrected chi connectivity index (χ0v) is 16.4. The number of unbranched alkanes of at least 4 members (excludes halogenated alkanes) is 1. The summed E-state index contributed by atoms with van der Waals surface area (Å²) in [6, 6.07) is 5.29. The lowest BCUT2D eigenvalue weighted by atomic mass is 10.2. The van der Waals surface area contributed by atoms with Crippen LogP contribution in [0.1, 0.15) is 37.0 Å². The molecule has 6 heteroatoms. The van der Waals surface area contributed by atoms with E-state index < -0.39 is 0 Å². The number of hydrogen-bond acceptors (Lipinski definition) is 5. The molecule has 1 heterocycles. The van der Waals surface area contributed by atoms with Gasteiger partial charge >= 0.3 is 0 Å². The average Bonchev–Trinajstić information content (AvgIpc) is 2.68. The van der Waals surface area contributed by atoms with Crippen LogP contribution in [-0.4, -0.2) is 75.2 Å². The fourth-order valence-electron chi connectivity index (χ4n) is 3.18. The fraction of sp³-hybridized carbons (Fsp3) is 0.650. The molecule has 0 aliphatic carbocycles. The maximum Gasteiger partial charge on any atom is 0.251 e. The van der Waals surface area contributed by atoms with Crippen molar-refractivity contribution in [2.24, 2.45) is 0 Å². The van der Waals surface area contributed by atoms with Crippen molar-refractivity contribution in [1.29, 1.82) is 0 Å². The standard InChI is InChI=1S/C20H33N3O3/c1-4-22-12-14-23(15-13-22)11-7-6-10-21-20(24)17-8-9-18(26-5-2)19(16-17)25-3/h8-9,16H,4-7,10-15H2,1-3H3,(H,21,24). The molecule has 1 N–H and O–H groups in total. The van der Waals surface area contributed by atoms with Gasteiger partial charge in [-0.05, 0) is 51.1 Å². The molecule has 0 unspecified atom stereocenters. The first kappa shape index (κ1) is 20.5. The van der Waals surface area contributed by atoms with Gasteiger partial charge in [-0.15, -0.1) is 0 Å². The molecule has 0 spiro atoms. The van der Waals surface area contributed by atoms with Gasteiger partial charge in [0.15, 0.2) is 11.5 Å². The minimum Gasteiger partial charge on any atom is -0.493 e. The highest BCUT2D eigenvalue weighted by atomic mass is 16.5. The molecule has 1 aliphatic heterocycles. The summed E-state index contributed by atoms with van der Waals surface area (Å²) in [5, 5.41) is 2.99. The normalized spacial score (nSPS) is 15.7. The Balaban J connectivity index is 1.67. The third kappa shape index (κ3) is 6.18. The summed E-state index contributed by atoms with van der Waals surface area (Å²) in [5.74, 6) is 1.18. The van der Waals surface area contributed by atoms with Crippen LogP contribution in [0.25, 0.3) is 0 Å². The van der Waals surface area contributed by atoms with E-state index in [2.05, 4.69) is 22.0 Å². The molecule has 146 valence electrons. The molecule has 1 amide bonds. The van der Waals surface area contributed by atoms with E-state index in [9.17, 15) is 4.79 Å². The van der Waals surface area contributed by atoms with Gasteiger partial charge < -0.3 is 24.6 Å². The van der Waals surface area contributed by atoms with E-state index in [4.69, 9.17) is 9.47 Å². The molecule has 0 bridgehead atoms. The van der Waals surface area contributed by atoms with Crippen LogP contribution in [0.2, 0.25) is 0 Å². The monoisotopic (exact) mass is 363 g/mol. The smallest absolute Gasteiger partial charge is 0.251 e. The van der Waals surface area contributed by atoms with Crippen LogP contribution >= 0.6 is 0 Å². The third-order valence-electron chi connectivity index (χ3n) is 4.82. The molecule has 1 fully saturated rings. The molecule has 2 rings (SSSR count). The summed E-state index contributed by atoms with van der Waals surface area (Å²) in [6.45, 7) is 12.3. The van der Waals surface area contributed by atoms with Crippen molar-refractivity contribution < 1.29 is 14.3 Å². The summed E-state index contributed by atoms with van der Waals surface area (Å²) >= 11 is 0. The number of likely N-dealkylation sites (N-methyl/N-ethyl adjacent to an activating group) is 1. The van der Waals surface area contributed by atoms with Crippen LogP contribution in [0.5, 0.6) is 11.5 Å². The minimum atomic E-state index is -0.0668. The van der Waals surface area contributed by atoms with Crippen LogP contribution in [-0.2, 0) is 0 Å². The van der Waals surface area contributed by atoms with Gasteiger partial charge in [0.1, 0.15) is 0 Å². The number of methoxy groups -OCH3 is 1. The first-order chi connectivity index (χ1) is 12.7. The minimum absolute atomic E-state index is 0.0668. The van der Waals surface area contributed by atoms with Crippen LogP contribution in [0.3, 0.4) is 0 Å². The SMILES string of the molecule is CCOc1ccc(C(=O)NCCCCN2CCN(CC)CC2)cc1OC. The van der Waals surface area contributed by atoms with E-state index in [1.165, 1.54) is 13.1 Å². The van der Waals surface area contributed by atoms with E-state index in [0.29, 0.717) is 30.2 Å². The number of piperazine rings is 1. The van der Waals surface area contributed by atoms with Gasteiger partial charge in [0.2, 0.25) is 0 Å². The highest BCUT2D eigenvalue weighted by Crippen LogP contribution is 2.27. The lowest BCUT2D eigenvalue weighted by molar-refractivity contribution is 0.0951. The van der Waals surface area contributed by atoms with Crippen molar-refractivity contribution in [2.45, 2.75) is 26.7 Å². The Bertz CT molecular complexity index is 557. The number of amides is 1. The Morgan fingerprint density at radius 2 is 1.81 bits per heavy atom. The number of rotatable bonds is 10. The fourth-order valence-corrected chi connectivity index (χ4v) is 3.18. The van der Waals surface area contributed by atoms with Crippen LogP contribution < -0.4 is 14.8 Å². The number of nitrogens with one attached hydrogen (secondary N) is 1. The summed E-state index contributed by atoms with van der Waals surface area (Å²) in [5.41, 5.74) is 0.598. The van der Waals surface area contributed by atoms with Crippen LogP contribution in [0.4, 0.5) is 0 Å². The lowest BCUT2D eigenvalue weighted by Gasteiger charge is -2.33. The summed E-state index contributed by atoms with van der Waals surface area (Å²) in [7, 11) is 1.58. The highest BCUT2D eigenvalue weighted by molar-refractivity contribution is 5.94. The molecule has 1 aromatic carbocycles. The zero-order valence-electron chi connectivity index (χ0n) is 16.4. The summed E-state index contributed by atoms with van der Waals surface area (Å²) < 4.78 is 10.8. The van der Waals surface area contributed by atoms with E-state index in [0.717, 1.165) is 39.0 Å². The van der Waals surface area contributed by atoms with Crippen LogP contribution in [0, 0.1) is 0 Å². The average molecular weight is 364 g/mol. The second kappa shape index (κ2) is 11.0. The summed E-state index contributed by atoms with van der Waals surface area (Å²) in [6.07, 6.45) is 2.10. The van der Waals surface area contributed by atoms with Crippen LogP contribution in [0.15, 0.2) is 18.2 Å². The molecule has 0 aromatic heterocycles. The molecule has 0 atom stereocenters. The van der Waals surface area contributed by atoms with Crippen molar-refractivity contribution in [3.05, 3.63) is 23.8 Å². The Morgan fingerprint density at radius 3 is 2.46 bits per heavy atom. The van der Waals surface area contributed by atoms with Gasteiger partial charge in [0.25, 0.3) is 5.91 Å². The zero-order chi connectivity index (χ0) is 18.8. The van der Waals surface area contributed by atoms with Crippen molar-refractivity contribution in [3.8, 4) is 11.5 Å². The molecular formula is C20H33N3O3. The largest absolute Gasteiger partial charge is 0.493 e. The first-order valence-corrected chi connectivity index (χ1v) is 9.71. The maximum absolute atomic E-state index is 12.3. The number of carbonyl (C=O) groups is 1. The molecular weight excluding hydrogens is 330 g/mol. The Kier molecular flexibility index (Phi) is 8.71. The Morgan fingerprint density at radius 1 is 1.08 bits per heavy atom. The lowest BCUT2D eigenvalue weighted by Crippen LogP contribution is -2.46. The van der Waals surface area contributed by atoms with E-state index in [1.54, 1.807) is 25.3 Å². The third-order valence-corrected chi connectivity index (χ3v) is 4.82. The van der Waals surface area contributed by atoms with Gasteiger partial charge in [-0.3, -0.25) is 4.79 Å². The van der Waals surface area contributed by atoms with E-state index in [-0.39, 0.29) is 5.91 Å². The van der Waals surface area contributed by atoms with Crippen molar-refractivity contribution >= 4 is 5.91 Å². The number of hydrogen-bond donors (Lipinski definition) is 1. The number of nitrogens with zero attached hydrogens (tertiary/aromatic N) is 2. The molecule has 0 radical (unpaired) electrons. The Hall–Kier alpha value is -1.79. The van der Waals surface area contributed by atoms with Gasteiger partial charge in [-0.1, -0.05) is 6.92 Å². The maximum atomic E-state index is 12.3. The number of benzene rings is 1. The first-order valence-electron chi connectivity index (χ1n) is 9.71. The van der Waals surface area contributed by atoms with E-state index >= 15 is 0 Å².